The van der Waals surface area contributed by atoms with Crippen molar-refractivity contribution < 1.29 is 4.79 Å². The number of carbonyl (C=O) groups is 1. The summed E-state index contributed by atoms with van der Waals surface area (Å²) in [4.78, 5) is 20.7. The van der Waals surface area contributed by atoms with Gasteiger partial charge in [0.05, 0.1) is 11.4 Å². The Morgan fingerprint density at radius 2 is 1.88 bits per heavy atom. The summed E-state index contributed by atoms with van der Waals surface area (Å²) in [6.07, 6.45) is 1.96. The Kier molecular flexibility index (Phi) is 4.25. The quantitative estimate of drug-likeness (QED) is 0.913. The molecule has 2 aromatic rings. The molecule has 0 bridgehead atoms. The molecule has 0 atom stereocenters. The lowest BCUT2D eigenvalue weighted by molar-refractivity contribution is -0.130. The fourth-order valence-corrected chi connectivity index (χ4v) is 3.29. The number of anilines is 1. The number of rotatable bonds is 2. The van der Waals surface area contributed by atoms with Crippen LogP contribution in [0, 0.1) is 0 Å². The third-order valence-corrected chi connectivity index (χ3v) is 4.64. The van der Waals surface area contributed by atoms with E-state index in [4.69, 9.17) is 10.7 Å². The summed E-state index contributed by atoms with van der Waals surface area (Å²) in [7, 11) is 0. The third kappa shape index (κ3) is 3.24. The molecule has 0 radical (unpaired) electrons. The molecule has 2 N–H and O–H groups in total. The van der Waals surface area contributed by atoms with Crippen molar-refractivity contribution in [2.45, 2.75) is 39.7 Å². The lowest BCUT2D eigenvalue weighted by Crippen LogP contribution is -2.47. The molecule has 1 saturated heterocycles. The fraction of sp³-hybridized carbons (Fsp3) is 0.556. The minimum Gasteiger partial charge on any atom is -0.398 e. The Balaban J connectivity index is 1.90. The summed E-state index contributed by atoms with van der Waals surface area (Å²) in [5, 5.41) is 0. The number of nitrogen functional groups attached to an aromatic ring is 1. The van der Waals surface area contributed by atoms with Crippen LogP contribution in [0.2, 0.25) is 0 Å². The molecule has 6 nitrogen and oxygen atoms in total. The summed E-state index contributed by atoms with van der Waals surface area (Å²) in [6.45, 7) is 12.4. The minimum absolute atomic E-state index is 0.0304. The zero-order valence-electron chi connectivity index (χ0n) is 15.0. The molecule has 24 heavy (non-hydrogen) atoms. The van der Waals surface area contributed by atoms with Crippen LogP contribution in [0.25, 0.3) is 5.65 Å². The molecule has 1 fully saturated rings. The van der Waals surface area contributed by atoms with Gasteiger partial charge in [-0.05, 0) is 12.1 Å². The number of nitrogens with zero attached hydrogens (tertiary/aromatic N) is 4. The zero-order valence-corrected chi connectivity index (χ0v) is 15.0. The van der Waals surface area contributed by atoms with Crippen molar-refractivity contribution in [3.05, 3.63) is 29.7 Å². The number of pyridine rings is 1. The third-order valence-electron chi connectivity index (χ3n) is 4.64. The molecule has 1 amide bonds. The van der Waals surface area contributed by atoms with Crippen LogP contribution in [0.4, 0.5) is 5.69 Å². The van der Waals surface area contributed by atoms with Crippen LogP contribution in [-0.2, 0) is 16.8 Å². The van der Waals surface area contributed by atoms with Crippen LogP contribution in [0.15, 0.2) is 18.3 Å². The van der Waals surface area contributed by atoms with Crippen molar-refractivity contribution in [2.75, 3.05) is 31.9 Å². The van der Waals surface area contributed by atoms with Crippen molar-refractivity contribution >= 4 is 17.2 Å². The molecule has 6 heteroatoms. The van der Waals surface area contributed by atoms with E-state index < -0.39 is 0 Å². The first-order chi connectivity index (χ1) is 11.3. The molecule has 3 heterocycles. The van der Waals surface area contributed by atoms with Crippen LogP contribution in [0.5, 0.6) is 0 Å². The number of nitrogens with two attached hydrogens (primary N) is 1. The second kappa shape index (κ2) is 6.09. The average molecular weight is 329 g/mol. The maximum absolute atomic E-state index is 11.5. The number of aromatic nitrogens is 2. The monoisotopic (exact) mass is 329 g/mol. The molecule has 2 aromatic heterocycles. The Morgan fingerprint density at radius 1 is 1.21 bits per heavy atom. The van der Waals surface area contributed by atoms with E-state index in [0.717, 1.165) is 49.8 Å². The van der Waals surface area contributed by atoms with E-state index in [9.17, 15) is 4.79 Å². The molecule has 3 rings (SSSR count). The number of amides is 1. The lowest BCUT2D eigenvalue weighted by Gasteiger charge is -2.34. The van der Waals surface area contributed by atoms with Gasteiger partial charge < -0.3 is 15.0 Å². The van der Waals surface area contributed by atoms with Gasteiger partial charge >= 0.3 is 0 Å². The summed E-state index contributed by atoms with van der Waals surface area (Å²) in [5.41, 5.74) is 9.94. The molecule has 0 unspecified atom stereocenters. The number of hydrogen-bond acceptors (Lipinski definition) is 4. The molecular weight excluding hydrogens is 302 g/mol. The van der Waals surface area contributed by atoms with Crippen molar-refractivity contribution in [1.29, 1.82) is 0 Å². The maximum Gasteiger partial charge on any atom is 0.219 e. The molecule has 1 aliphatic heterocycles. The lowest BCUT2D eigenvalue weighted by atomic mass is 9.90. The fourth-order valence-electron chi connectivity index (χ4n) is 3.29. The molecular formula is C18H27N5O. The number of carbonyl (C=O) groups excluding carboxylic acids is 1. The van der Waals surface area contributed by atoms with Crippen molar-refractivity contribution in [3.8, 4) is 0 Å². The highest BCUT2D eigenvalue weighted by Crippen LogP contribution is 2.28. The molecule has 0 spiro atoms. The van der Waals surface area contributed by atoms with E-state index in [1.807, 2.05) is 23.2 Å². The van der Waals surface area contributed by atoms with Gasteiger partial charge in [0.1, 0.15) is 5.65 Å². The van der Waals surface area contributed by atoms with Crippen molar-refractivity contribution in [2.24, 2.45) is 0 Å². The number of hydrogen-bond donors (Lipinski definition) is 1. The second-order valence-electron chi connectivity index (χ2n) is 7.63. The first-order valence-electron chi connectivity index (χ1n) is 8.50. The van der Waals surface area contributed by atoms with E-state index >= 15 is 0 Å². The standard InChI is InChI=1S/C18H27N5O/c1-13(24)22-9-7-21(8-10-22)12-15-17(18(2,3)4)20-16-6-5-14(19)11-23(15)16/h5-6,11H,7-10,12,19H2,1-4H3. The number of imidazole rings is 1. The van der Waals surface area contributed by atoms with Crippen LogP contribution in [-0.4, -0.2) is 51.3 Å². The van der Waals surface area contributed by atoms with Gasteiger partial charge in [0.25, 0.3) is 0 Å². The van der Waals surface area contributed by atoms with Crippen molar-refractivity contribution in [3.63, 3.8) is 0 Å². The first kappa shape index (κ1) is 16.8. The van der Waals surface area contributed by atoms with E-state index in [2.05, 4.69) is 30.1 Å². The number of piperazine rings is 1. The van der Waals surface area contributed by atoms with E-state index in [0.29, 0.717) is 0 Å². The summed E-state index contributed by atoms with van der Waals surface area (Å²) in [5.74, 6) is 0.160. The molecule has 0 aromatic carbocycles. The Hall–Kier alpha value is -2.08. The first-order valence-corrected chi connectivity index (χ1v) is 8.50. The highest BCUT2D eigenvalue weighted by molar-refractivity contribution is 5.73. The van der Waals surface area contributed by atoms with Gasteiger partial charge in [-0.1, -0.05) is 20.8 Å². The van der Waals surface area contributed by atoms with Gasteiger partial charge in [0, 0.05) is 56.9 Å². The summed E-state index contributed by atoms with van der Waals surface area (Å²) >= 11 is 0. The Labute approximate surface area is 143 Å². The second-order valence-corrected chi connectivity index (χ2v) is 7.63. The summed E-state index contributed by atoms with van der Waals surface area (Å²) < 4.78 is 2.12. The van der Waals surface area contributed by atoms with E-state index in [-0.39, 0.29) is 11.3 Å². The topological polar surface area (TPSA) is 66.9 Å². The van der Waals surface area contributed by atoms with E-state index in [1.165, 1.54) is 5.69 Å². The predicted octanol–water partition coefficient (Wildman–Crippen LogP) is 1.88. The van der Waals surface area contributed by atoms with Gasteiger partial charge in [-0.25, -0.2) is 4.98 Å². The van der Waals surface area contributed by atoms with Gasteiger partial charge in [-0.2, -0.15) is 0 Å². The SMILES string of the molecule is CC(=O)N1CCN(Cc2c(C(C)(C)C)nc3ccc(N)cn23)CC1. The maximum atomic E-state index is 11.5. The molecule has 0 saturated carbocycles. The van der Waals surface area contributed by atoms with E-state index in [1.54, 1.807) is 6.92 Å². The van der Waals surface area contributed by atoms with Crippen LogP contribution < -0.4 is 5.73 Å². The van der Waals surface area contributed by atoms with Crippen LogP contribution in [0.1, 0.15) is 39.1 Å². The summed E-state index contributed by atoms with van der Waals surface area (Å²) in [6, 6.07) is 3.87. The Morgan fingerprint density at radius 3 is 2.46 bits per heavy atom. The molecule has 130 valence electrons. The number of fused-ring (bicyclic) bond motifs is 1. The average Bonchev–Trinajstić information content (AvgIpc) is 2.86. The minimum atomic E-state index is -0.0304. The smallest absolute Gasteiger partial charge is 0.219 e. The highest BCUT2D eigenvalue weighted by Gasteiger charge is 2.26. The zero-order chi connectivity index (χ0) is 17.5. The van der Waals surface area contributed by atoms with Gasteiger partial charge in [-0.15, -0.1) is 0 Å². The molecule has 1 aliphatic rings. The van der Waals surface area contributed by atoms with Gasteiger partial charge in [0.2, 0.25) is 5.91 Å². The highest BCUT2D eigenvalue weighted by atomic mass is 16.2. The predicted molar refractivity (Wildman–Crippen MR) is 95.8 cm³/mol. The van der Waals surface area contributed by atoms with Crippen LogP contribution in [0.3, 0.4) is 0 Å². The normalized spacial score (nSPS) is 16.8. The molecule has 0 aliphatic carbocycles. The van der Waals surface area contributed by atoms with Crippen LogP contribution >= 0.6 is 0 Å². The van der Waals surface area contributed by atoms with Gasteiger partial charge in [-0.3, -0.25) is 9.69 Å². The largest absolute Gasteiger partial charge is 0.398 e. The van der Waals surface area contributed by atoms with Gasteiger partial charge in [0.15, 0.2) is 0 Å². The Bertz CT molecular complexity index is 751. The van der Waals surface area contributed by atoms with Crippen molar-refractivity contribution in [1.82, 2.24) is 19.2 Å².